The molecule has 162 valence electrons. The van der Waals surface area contributed by atoms with E-state index in [2.05, 4.69) is 36.5 Å². The van der Waals surface area contributed by atoms with Crippen molar-refractivity contribution in [3.8, 4) is 11.1 Å². The zero-order valence-electron chi connectivity index (χ0n) is 18.1. The topological polar surface area (TPSA) is 69.6 Å². The summed E-state index contributed by atoms with van der Waals surface area (Å²) in [5.41, 5.74) is 5.80. The van der Waals surface area contributed by atoms with Crippen molar-refractivity contribution in [2.45, 2.75) is 38.7 Å². The third-order valence-corrected chi connectivity index (χ3v) is 5.53. The number of nitrogens with one attached hydrogen (secondary N) is 1. The van der Waals surface area contributed by atoms with Crippen LogP contribution in [0.5, 0.6) is 0 Å². The Bertz CT molecular complexity index is 968. The Kier molecular flexibility index (Phi) is 8.39. The van der Waals surface area contributed by atoms with E-state index in [1.807, 2.05) is 42.5 Å². The molecule has 0 amide bonds. The Morgan fingerprint density at radius 2 is 1.71 bits per heavy atom. The molecule has 0 aliphatic heterocycles. The van der Waals surface area contributed by atoms with Crippen molar-refractivity contribution in [3.05, 3.63) is 95.1 Å². The number of hydrogen-bond acceptors (Lipinski definition) is 3. The van der Waals surface area contributed by atoms with Crippen LogP contribution in [-0.2, 0) is 12.8 Å². The molecule has 3 aromatic rings. The van der Waals surface area contributed by atoms with E-state index in [0.717, 1.165) is 54.5 Å². The number of aryl methyl sites for hydroxylation is 1. The molecule has 0 bridgehead atoms. The minimum Gasteiger partial charge on any atom is -0.478 e. The lowest BCUT2D eigenvalue weighted by atomic mass is 9.93. The highest BCUT2D eigenvalue weighted by molar-refractivity contribution is 5.89. The Labute approximate surface area is 184 Å². The van der Waals surface area contributed by atoms with Gasteiger partial charge in [-0.05, 0) is 65.8 Å². The van der Waals surface area contributed by atoms with E-state index in [9.17, 15) is 15.0 Å². The van der Waals surface area contributed by atoms with Gasteiger partial charge in [0, 0.05) is 6.54 Å². The maximum atomic E-state index is 11.3. The molecule has 0 aliphatic carbocycles. The molecular weight excluding hydrogens is 386 g/mol. The summed E-state index contributed by atoms with van der Waals surface area (Å²) in [5.74, 6) is -0.885. The molecule has 3 aromatic carbocycles. The Morgan fingerprint density at radius 1 is 0.968 bits per heavy atom. The van der Waals surface area contributed by atoms with Crippen molar-refractivity contribution in [1.82, 2.24) is 5.32 Å². The zero-order chi connectivity index (χ0) is 22.1. The van der Waals surface area contributed by atoms with E-state index >= 15 is 0 Å². The van der Waals surface area contributed by atoms with Gasteiger partial charge in [0.2, 0.25) is 0 Å². The van der Waals surface area contributed by atoms with Crippen LogP contribution in [0.3, 0.4) is 0 Å². The second-order valence-corrected chi connectivity index (χ2v) is 7.86. The highest BCUT2D eigenvalue weighted by atomic mass is 16.4. The molecule has 0 saturated heterocycles. The molecule has 3 rings (SSSR count). The number of carbonyl (C=O) groups is 1. The van der Waals surface area contributed by atoms with Gasteiger partial charge >= 0.3 is 5.97 Å². The predicted molar refractivity (Wildman–Crippen MR) is 125 cm³/mol. The minimum absolute atomic E-state index is 0.343. The molecule has 0 aliphatic rings. The van der Waals surface area contributed by atoms with Gasteiger partial charge in [-0.2, -0.15) is 0 Å². The van der Waals surface area contributed by atoms with Crippen LogP contribution in [0.25, 0.3) is 11.1 Å². The molecule has 4 nitrogen and oxygen atoms in total. The van der Waals surface area contributed by atoms with E-state index in [4.69, 9.17) is 0 Å². The van der Waals surface area contributed by atoms with Crippen LogP contribution in [0.1, 0.15) is 52.9 Å². The third-order valence-electron chi connectivity index (χ3n) is 5.53. The van der Waals surface area contributed by atoms with Crippen molar-refractivity contribution in [2.75, 3.05) is 13.1 Å². The van der Waals surface area contributed by atoms with E-state index in [0.29, 0.717) is 12.1 Å². The fourth-order valence-electron chi connectivity index (χ4n) is 3.70. The van der Waals surface area contributed by atoms with Gasteiger partial charge in [-0.3, -0.25) is 0 Å². The summed E-state index contributed by atoms with van der Waals surface area (Å²) < 4.78 is 0. The summed E-state index contributed by atoms with van der Waals surface area (Å²) in [7, 11) is 0. The Morgan fingerprint density at radius 3 is 2.39 bits per heavy atom. The van der Waals surface area contributed by atoms with Crippen LogP contribution in [0, 0.1) is 0 Å². The first-order valence-electron chi connectivity index (χ1n) is 11.0. The number of rotatable bonds is 11. The molecule has 4 heteroatoms. The van der Waals surface area contributed by atoms with Crippen molar-refractivity contribution in [2.24, 2.45) is 0 Å². The van der Waals surface area contributed by atoms with E-state index < -0.39 is 12.1 Å². The molecular formula is C27H31NO3. The van der Waals surface area contributed by atoms with Crippen molar-refractivity contribution < 1.29 is 15.0 Å². The molecule has 0 spiro atoms. The number of carboxylic acid groups (broad SMARTS) is 1. The molecule has 31 heavy (non-hydrogen) atoms. The van der Waals surface area contributed by atoms with Gasteiger partial charge in [0.25, 0.3) is 0 Å². The number of unbranched alkanes of at least 4 members (excludes halogenated alkanes) is 1. The smallest absolute Gasteiger partial charge is 0.335 e. The molecule has 0 heterocycles. The maximum Gasteiger partial charge on any atom is 0.335 e. The van der Waals surface area contributed by atoms with Gasteiger partial charge in [0.15, 0.2) is 0 Å². The van der Waals surface area contributed by atoms with Gasteiger partial charge in [-0.25, -0.2) is 4.79 Å². The first kappa shape index (κ1) is 22.7. The number of benzene rings is 3. The zero-order valence-corrected chi connectivity index (χ0v) is 18.1. The van der Waals surface area contributed by atoms with Crippen LogP contribution in [0.15, 0.2) is 72.8 Å². The minimum atomic E-state index is -0.885. The van der Waals surface area contributed by atoms with Crippen LogP contribution in [0.2, 0.25) is 0 Å². The summed E-state index contributed by atoms with van der Waals surface area (Å²) in [6.07, 6.45) is 3.36. The Balaban J connectivity index is 1.59. The fourth-order valence-corrected chi connectivity index (χ4v) is 3.70. The van der Waals surface area contributed by atoms with Gasteiger partial charge in [0.05, 0.1) is 11.7 Å². The number of hydrogen-bond donors (Lipinski definition) is 3. The average Bonchev–Trinajstić information content (AvgIpc) is 2.81. The van der Waals surface area contributed by atoms with Gasteiger partial charge < -0.3 is 15.5 Å². The van der Waals surface area contributed by atoms with Crippen molar-refractivity contribution >= 4 is 5.97 Å². The average molecular weight is 418 g/mol. The summed E-state index contributed by atoms with van der Waals surface area (Å²) in [5, 5.41) is 22.9. The summed E-state index contributed by atoms with van der Waals surface area (Å²) in [6, 6.07) is 23.6. The number of carboxylic acids is 1. The molecule has 0 aromatic heterocycles. The normalized spacial score (nSPS) is 11.9. The summed E-state index contributed by atoms with van der Waals surface area (Å²) >= 11 is 0. The number of aliphatic hydroxyl groups is 1. The lowest BCUT2D eigenvalue weighted by Gasteiger charge is -2.13. The van der Waals surface area contributed by atoms with Crippen LogP contribution in [0.4, 0.5) is 0 Å². The third kappa shape index (κ3) is 6.51. The van der Waals surface area contributed by atoms with Crippen molar-refractivity contribution in [1.29, 1.82) is 0 Å². The predicted octanol–water partition coefficient (Wildman–Crippen LogP) is 5.26. The lowest BCUT2D eigenvalue weighted by Crippen LogP contribution is -2.23. The van der Waals surface area contributed by atoms with Gasteiger partial charge in [-0.1, -0.05) is 74.0 Å². The molecule has 0 fully saturated rings. The molecule has 0 radical (unpaired) electrons. The summed E-state index contributed by atoms with van der Waals surface area (Å²) in [4.78, 5) is 11.3. The second-order valence-electron chi connectivity index (χ2n) is 7.86. The van der Waals surface area contributed by atoms with Crippen LogP contribution < -0.4 is 5.32 Å². The monoisotopic (exact) mass is 417 g/mol. The van der Waals surface area contributed by atoms with Gasteiger partial charge in [-0.15, -0.1) is 0 Å². The highest BCUT2D eigenvalue weighted by Crippen LogP contribution is 2.27. The summed E-state index contributed by atoms with van der Waals surface area (Å²) in [6.45, 7) is 3.46. The van der Waals surface area contributed by atoms with E-state index in [-0.39, 0.29) is 0 Å². The number of aromatic carboxylic acids is 1. The molecule has 1 atom stereocenters. The fraction of sp³-hybridized carbons (Fsp3) is 0.296. The molecule has 3 N–H and O–H groups in total. The first-order chi connectivity index (χ1) is 15.1. The quantitative estimate of drug-likeness (QED) is 0.372. The molecule has 0 unspecified atom stereocenters. The van der Waals surface area contributed by atoms with Crippen molar-refractivity contribution in [3.63, 3.8) is 0 Å². The van der Waals surface area contributed by atoms with Crippen LogP contribution in [-0.4, -0.2) is 29.3 Å². The maximum absolute atomic E-state index is 11.3. The largest absolute Gasteiger partial charge is 0.478 e. The van der Waals surface area contributed by atoms with E-state index in [1.54, 1.807) is 6.07 Å². The lowest BCUT2D eigenvalue weighted by molar-refractivity contribution is 0.0696. The molecule has 0 saturated carbocycles. The SMILES string of the molecule is CCCCc1cc(C(=O)O)ccc1-c1ccc(CCNC[C@@H](O)c2ccccc2)cc1. The standard InChI is InChI=1S/C27H31NO3/c1-2-3-7-23-18-24(27(30)31)14-15-25(23)21-12-10-20(11-13-21)16-17-28-19-26(29)22-8-5-4-6-9-22/h4-6,8-15,18,26,28-29H,2-3,7,16-17,19H2,1H3,(H,30,31)/t26-/m1/s1. The van der Waals surface area contributed by atoms with E-state index in [1.165, 1.54) is 5.56 Å². The second kappa shape index (κ2) is 11.4. The highest BCUT2D eigenvalue weighted by Gasteiger charge is 2.10. The Hall–Kier alpha value is -2.95. The number of aliphatic hydroxyl groups excluding tert-OH is 1. The van der Waals surface area contributed by atoms with Gasteiger partial charge in [0.1, 0.15) is 0 Å². The first-order valence-corrected chi connectivity index (χ1v) is 11.0. The van der Waals surface area contributed by atoms with Crippen LogP contribution >= 0.6 is 0 Å².